The zero-order chi connectivity index (χ0) is 13.3. The molecule has 0 bridgehead atoms. The van der Waals surface area contributed by atoms with Gasteiger partial charge in [0.1, 0.15) is 0 Å². The average Bonchev–Trinajstić information content (AvgIpc) is 2.37. The number of ether oxygens (including phenoxy) is 2. The van der Waals surface area contributed by atoms with Crippen LogP contribution in [0.15, 0.2) is 24.3 Å². The number of hydrogen-bond acceptors (Lipinski definition) is 4. The van der Waals surface area contributed by atoms with Crippen molar-refractivity contribution in [2.45, 2.75) is 26.7 Å². The molecule has 96 valence electrons. The molecule has 0 aliphatic heterocycles. The molecular formula is C13H20O4. The highest BCUT2D eigenvalue weighted by atomic mass is 16.5. The Kier molecular flexibility index (Phi) is 6.94. The summed E-state index contributed by atoms with van der Waals surface area (Å²) in [4.78, 5) is 23.6. The second-order valence-electron chi connectivity index (χ2n) is 3.47. The predicted molar refractivity (Wildman–Crippen MR) is 65.3 cm³/mol. The molecule has 0 radical (unpaired) electrons. The lowest BCUT2D eigenvalue weighted by Gasteiger charge is -2.21. The summed E-state index contributed by atoms with van der Waals surface area (Å²) >= 11 is 0. The minimum atomic E-state index is -1.46. The quantitative estimate of drug-likeness (QED) is 0.406. The molecule has 0 aromatic rings. The van der Waals surface area contributed by atoms with E-state index in [1.807, 2.05) is 13.8 Å². The lowest BCUT2D eigenvalue weighted by atomic mass is 9.86. The molecule has 17 heavy (non-hydrogen) atoms. The van der Waals surface area contributed by atoms with E-state index in [1.54, 1.807) is 12.2 Å². The highest BCUT2D eigenvalue weighted by Crippen LogP contribution is 2.26. The van der Waals surface area contributed by atoms with E-state index in [1.165, 1.54) is 26.4 Å². The van der Waals surface area contributed by atoms with E-state index < -0.39 is 17.4 Å². The molecule has 0 aliphatic carbocycles. The van der Waals surface area contributed by atoms with Crippen molar-refractivity contribution in [3.63, 3.8) is 0 Å². The van der Waals surface area contributed by atoms with Gasteiger partial charge in [0.25, 0.3) is 0 Å². The average molecular weight is 240 g/mol. The Bertz CT molecular complexity index is 283. The first-order valence-electron chi connectivity index (χ1n) is 5.61. The highest BCUT2D eigenvalue weighted by Gasteiger charge is 2.43. The lowest BCUT2D eigenvalue weighted by molar-refractivity contribution is -0.161. The largest absolute Gasteiger partial charge is 0.468 e. The van der Waals surface area contributed by atoms with E-state index in [9.17, 15) is 9.59 Å². The molecule has 4 heteroatoms. The van der Waals surface area contributed by atoms with Gasteiger partial charge in [-0.15, -0.1) is 0 Å². The Labute approximate surface area is 102 Å². The van der Waals surface area contributed by atoms with Crippen LogP contribution >= 0.6 is 0 Å². The van der Waals surface area contributed by atoms with Crippen LogP contribution in [0.3, 0.4) is 0 Å². The van der Waals surface area contributed by atoms with Gasteiger partial charge in [0.05, 0.1) is 14.2 Å². The summed E-state index contributed by atoms with van der Waals surface area (Å²) in [6, 6.07) is 0. The summed E-state index contributed by atoms with van der Waals surface area (Å²) < 4.78 is 9.38. The summed E-state index contributed by atoms with van der Waals surface area (Å²) in [5.41, 5.74) is -1.46. The first-order valence-corrected chi connectivity index (χ1v) is 5.61. The molecule has 0 saturated heterocycles. The summed E-state index contributed by atoms with van der Waals surface area (Å²) in [6.45, 7) is 3.83. The third-order valence-electron chi connectivity index (χ3n) is 2.28. The van der Waals surface area contributed by atoms with Gasteiger partial charge in [0.2, 0.25) is 5.41 Å². The maximum atomic E-state index is 11.8. The van der Waals surface area contributed by atoms with Crippen LogP contribution in [-0.4, -0.2) is 26.2 Å². The third kappa shape index (κ3) is 3.73. The molecule has 0 N–H and O–H groups in total. The number of carbonyl (C=O) groups is 2. The monoisotopic (exact) mass is 240 g/mol. The minimum absolute atomic E-state index is 0.640. The van der Waals surface area contributed by atoms with Crippen LogP contribution in [0.25, 0.3) is 0 Å². The minimum Gasteiger partial charge on any atom is -0.468 e. The van der Waals surface area contributed by atoms with E-state index in [4.69, 9.17) is 9.47 Å². The molecular weight excluding hydrogens is 220 g/mol. The van der Waals surface area contributed by atoms with Crippen molar-refractivity contribution in [3.8, 4) is 0 Å². The van der Waals surface area contributed by atoms with Gasteiger partial charge < -0.3 is 9.47 Å². The Morgan fingerprint density at radius 2 is 1.29 bits per heavy atom. The second-order valence-corrected chi connectivity index (χ2v) is 3.47. The fourth-order valence-electron chi connectivity index (χ4n) is 1.36. The second kappa shape index (κ2) is 7.65. The van der Waals surface area contributed by atoms with Crippen molar-refractivity contribution in [3.05, 3.63) is 24.3 Å². The van der Waals surface area contributed by atoms with Crippen LogP contribution in [0.2, 0.25) is 0 Å². The Hall–Kier alpha value is -1.58. The molecule has 0 amide bonds. The number of esters is 2. The van der Waals surface area contributed by atoms with Crippen molar-refractivity contribution >= 4 is 11.9 Å². The van der Waals surface area contributed by atoms with Gasteiger partial charge in [-0.2, -0.15) is 0 Å². The molecule has 0 atom stereocenters. The lowest BCUT2D eigenvalue weighted by Crippen LogP contribution is -2.37. The first kappa shape index (κ1) is 15.4. The number of allylic oxidation sites excluding steroid dienone is 2. The number of methoxy groups -OCH3 is 2. The maximum Gasteiger partial charge on any atom is 0.331 e. The molecule has 0 fully saturated rings. The fraction of sp³-hybridized carbons (Fsp3) is 0.538. The molecule has 0 aromatic heterocycles. The highest BCUT2D eigenvalue weighted by molar-refractivity contribution is 6.04. The van der Waals surface area contributed by atoms with Crippen molar-refractivity contribution in [1.82, 2.24) is 0 Å². The van der Waals surface area contributed by atoms with E-state index >= 15 is 0 Å². The van der Waals surface area contributed by atoms with Crippen molar-refractivity contribution in [2.75, 3.05) is 14.2 Å². The first-order chi connectivity index (χ1) is 8.08. The van der Waals surface area contributed by atoms with Crippen LogP contribution < -0.4 is 0 Å². The summed E-state index contributed by atoms with van der Waals surface area (Å²) in [5, 5.41) is 0. The van der Waals surface area contributed by atoms with Crippen LogP contribution in [-0.2, 0) is 19.1 Å². The van der Waals surface area contributed by atoms with E-state index in [0.717, 1.165) is 12.8 Å². The van der Waals surface area contributed by atoms with E-state index in [-0.39, 0.29) is 0 Å². The van der Waals surface area contributed by atoms with Gasteiger partial charge >= 0.3 is 11.9 Å². The van der Waals surface area contributed by atoms with Gasteiger partial charge in [-0.1, -0.05) is 38.2 Å². The topological polar surface area (TPSA) is 52.6 Å². The fourth-order valence-corrected chi connectivity index (χ4v) is 1.36. The maximum absolute atomic E-state index is 11.8. The molecule has 0 saturated carbocycles. The van der Waals surface area contributed by atoms with Crippen LogP contribution in [0.1, 0.15) is 26.7 Å². The van der Waals surface area contributed by atoms with Gasteiger partial charge in [-0.05, 0) is 12.8 Å². The van der Waals surface area contributed by atoms with Gasteiger partial charge in [-0.25, -0.2) is 0 Å². The van der Waals surface area contributed by atoms with Crippen LogP contribution in [0.4, 0.5) is 0 Å². The Morgan fingerprint density at radius 1 is 0.941 bits per heavy atom. The van der Waals surface area contributed by atoms with E-state index in [0.29, 0.717) is 0 Å². The van der Waals surface area contributed by atoms with Crippen molar-refractivity contribution in [1.29, 1.82) is 0 Å². The van der Waals surface area contributed by atoms with Crippen molar-refractivity contribution < 1.29 is 19.1 Å². The molecule has 0 rings (SSSR count). The molecule has 4 nitrogen and oxygen atoms in total. The van der Waals surface area contributed by atoms with Crippen LogP contribution in [0, 0.1) is 5.41 Å². The normalized spacial score (nSPS) is 12.0. The predicted octanol–water partition coefficient (Wildman–Crippen LogP) is 2.25. The molecule has 0 spiro atoms. The SMILES string of the molecule is CCC=CC(C=CCC)(C(=O)OC)C(=O)OC. The molecule has 0 unspecified atom stereocenters. The van der Waals surface area contributed by atoms with Crippen LogP contribution in [0.5, 0.6) is 0 Å². The van der Waals surface area contributed by atoms with Gasteiger partial charge in [0, 0.05) is 0 Å². The Balaban J connectivity index is 5.51. The number of hydrogen-bond donors (Lipinski definition) is 0. The summed E-state index contributed by atoms with van der Waals surface area (Å²) in [5.74, 6) is -1.28. The van der Waals surface area contributed by atoms with Gasteiger partial charge in [0.15, 0.2) is 0 Å². The molecule has 0 aromatic carbocycles. The standard InChI is InChI=1S/C13H20O4/c1-5-7-9-13(10-8-6-2,11(14)16-3)12(15)17-4/h7-10H,5-6H2,1-4H3. The van der Waals surface area contributed by atoms with E-state index in [2.05, 4.69) is 0 Å². The molecule has 0 aliphatic rings. The summed E-state index contributed by atoms with van der Waals surface area (Å²) in [6.07, 6.45) is 7.97. The zero-order valence-corrected chi connectivity index (χ0v) is 10.9. The summed E-state index contributed by atoms with van der Waals surface area (Å²) in [7, 11) is 2.50. The third-order valence-corrected chi connectivity index (χ3v) is 2.28. The number of rotatable bonds is 6. The molecule has 0 heterocycles. The van der Waals surface area contributed by atoms with Gasteiger partial charge in [-0.3, -0.25) is 9.59 Å². The van der Waals surface area contributed by atoms with Crippen molar-refractivity contribution in [2.24, 2.45) is 5.41 Å². The zero-order valence-electron chi connectivity index (χ0n) is 10.9. The number of carbonyl (C=O) groups excluding carboxylic acids is 2. The Morgan fingerprint density at radius 3 is 1.53 bits per heavy atom. The smallest absolute Gasteiger partial charge is 0.331 e.